The van der Waals surface area contributed by atoms with E-state index in [1.165, 1.54) is 0 Å². The third-order valence-corrected chi connectivity index (χ3v) is 4.45. The lowest BCUT2D eigenvalue weighted by Crippen LogP contribution is -2.65. The Hall–Kier alpha value is -1.55. The molecule has 2 aliphatic rings. The predicted octanol–water partition coefficient (Wildman–Crippen LogP) is 1.53. The molecule has 20 heavy (non-hydrogen) atoms. The lowest BCUT2D eigenvalue weighted by atomic mass is 9.88. The maximum absolute atomic E-state index is 12.2. The monoisotopic (exact) mass is 275 g/mol. The van der Waals surface area contributed by atoms with Crippen LogP contribution < -0.4 is 4.74 Å². The minimum absolute atomic E-state index is 0.0845. The number of aliphatic hydroxyl groups is 1. The van der Waals surface area contributed by atoms with Crippen molar-refractivity contribution in [2.24, 2.45) is 5.92 Å². The number of rotatable bonds is 4. The minimum atomic E-state index is -0.597. The summed E-state index contributed by atoms with van der Waals surface area (Å²) >= 11 is 0. The third kappa shape index (κ3) is 2.40. The molecule has 108 valence electrons. The van der Waals surface area contributed by atoms with Crippen molar-refractivity contribution in [1.29, 1.82) is 0 Å². The maximum Gasteiger partial charge on any atom is 0.227 e. The molecule has 0 radical (unpaired) electrons. The number of likely N-dealkylation sites (tertiary alicyclic amines) is 1. The first kappa shape index (κ1) is 13.4. The molecular weight excluding hydrogens is 254 g/mol. The average molecular weight is 275 g/mol. The van der Waals surface area contributed by atoms with Gasteiger partial charge in [0, 0.05) is 0 Å². The summed E-state index contributed by atoms with van der Waals surface area (Å²) in [6.45, 7) is 2.98. The SMILES string of the molecule is COc1cc(CC(=O)N2CC(O)(C3CC3)C2)ccc1C. The number of amides is 1. The van der Waals surface area contributed by atoms with Gasteiger partial charge in [0.15, 0.2) is 0 Å². The van der Waals surface area contributed by atoms with Gasteiger partial charge in [-0.3, -0.25) is 4.79 Å². The van der Waals surface area contributed by atoms with E-state index in [-0.39, 0.29) is 5.91 Å². The molecule has 1 aliphatic carbocycles. The number of carbonyl (C=O) groups excluding carboxylic acids is 1. The summed E-state index contributed by atoms with van der Waals surface area (Å²) in [6, 6.07) is 5.85. The van der Waals surface area contributed by atoms with Gasteiger partial charge in [-0.05, 0) is 42.9 Å². The Morgan fingerprint density at radius 2 is 2.15 bits per heavy atom. The van der Waals surface area contributed by atoms with Crippen molar-refractivity contribution >= 4 is 5.91 Å². The van der Waals surface area contributed by atoms with Crippen molar-refractivity contribution in [2.45, 2.75) is 31.8 Å². The van der Waals surface area contributed by atoms with Crippen molar-refractivity contribution in [3.63, 3.8) is 0 Å². The van der Waals surface area contributed by atoms with Crippen LogP contribution in [0.15, 0.2) is 18.2 Å². The largest absolute Gasteiger partial charge is 0.496 e. The van der Waals surface area contributed by atoms with Gasteiger partial charge in [0.05, 0.1) is 26.6 Å². The van der Waals surface area contributed by atoms with Crippen molar-refractivity contribution in [1.82, 2.24) is 4.90 Å². The molecule has 0 bridgehead atoms. The fourth-order valence-corrected chi connectivity index (χ4v) is 2.93. The summed E-state index contributed by atoms with van der Waals surface area (Å²) in [5.74, 6) is 1.32. The number of hydrogen-bond acceptors (Lipinski definition) is 3. The van der Waals surface area contributed by atoms with E-state index >= 15 is 0 Å². The molecule has 1 saturated heterocycles. The van der Waals surface area contributed by atoms with Crippen LogP contribution in [0.1, 0.15) is 24.0 Å². The average Bonchev–Trinajstić information content (AvgIpc) is 3.21. The van der Waals surface area contributed by atoms with Crippen LogP contribution in [-0.4, -0.2) is 41.7 Å². The van der Waals surface area contributed by atoms with Crippen LogP contribution in [0.4, 0.5) is 0 Å². The van der Waals surface area contributed by atoms with Gasteiger partial charge in [-0.1, -0.05) is 12.1 Å². The van der Waals surface area contributed by atoms with E-state index in [4.69, 9.17) is 4.74 Å². The normalized spacial score (nSPS) is 20.4. The summed E-state index contributed by atoms with van der Waals surface area (Å²) in [7, 11) is 1.64. The molecule has 4 nitrogen and oxygen atoms in total. The van der Waals surface area contributed by atoms with Crippen LogP contribution >= 0.6 is 0 Å². The van der Waals surface area contributed by atoms with E-state index in [1.807, 2.05) is 25.1 Å². The van der Waals surface area contributed by atoms with Crippen LogP contribution in [-0.2, 0) is 11.2 Å². The van der Waals surface area contributed by atoms with Crippen LogP contribution in [0.2, 0.25) is 0 Å². The molecular formula is C16H21NO3. The van der Waals surface area contributed by atoms with Crippen LogP contribution in [0.3, 0.4) is 0 Å². The molecule has 2 fully saturated rings. The molecule has 1 amide bonds. The smallest absolute Gasteiger partial charge is 0.227 e. The van der Waals surface area contributed by atoms with Crippen molar-refractivity contribution in [2.75, 3.05) is 20.2 Å². The Balaban J connectivity index is 1.59. The van der Waals surface area contributed by atoms with Crippen LogP contribution in [0.25, 0.3) is 0 Å². The number of aryl methyl sites for hydroxylation is 1. The fourth-order valence-electron chi connectivity index (χ4n) is 2.93. The molecule has 1 aliphatic heterocycles. The van der Waals surface area contributed by atoms with E-state index in [2.05, 4.69) is 0 Å². The van der Waals surface area contributed by atoms with Gasteiger partial charge < -0.3 is 14.7 Å². The zero-order chi connectivity index (χ0) is 14.3. The van der Waals surface area contributed by atoms with Gasteiger partial charge in [0.1, 0.15) is 11.4 Å². The first-order valence-corrected chi connectivity index (χ1v) is 7.15. The van der Waals surface area contributed by atoms with Gasteiger partial charge in [-0.25, -0.2) is 0 Å². The van der Waals surface area contributed by atoms with Gasteiger partial charge >= 0.3 is 0 Å². The molecule has 1 aromatic carbocycles. The van der Waals surface area contributed by atoms with Gasteiger partial charge in [-0.15, -0.1) is 0 Å². The number of β-amino-alcohol motifs (C(OH)–C–C–N with tert-alkyl or cyclic N) is 1. The molecule has 1 heterocycles. The molecule has 0 unspecified atom stereocenters. The molecule has 1 N–H and O–H groups in total. The van der Waals surface area contributed by atoms with Gasteiger partial charge in [0.2, 0.25) is 5.91 Å². The van der Waals surface area contributed by atoms with Crippen molar-refractivity contribution in [3.05, 3.63) is 29.3 Å². The molecule has 0 spiro atoms. The molecule has 0 aromatic heterocycles. The predicted molar refractivity (Wildman–Crippen MR) is 75.7 cm³/mol. The van der Waals surface area contributed by atoms with Crippen LogP contribution in [0.5, 0.6) is 5.75 Å². The van der Waals surface area contributed by atoms with E-state index in [1.54, 1.807) is 12.0 Å². The van der Waals surface area contributed by atoms with E-state index < -0.39 is 5.60 Å². The zero-order valence-corrected chi connectivity index (χ0v) is 12.1. The Labute approximate surface area is 119 Å². The number of methoxy groups -OCH3 is 1. The number of carbonyl (C=O) groups is 1. The van der Waals surface area contributed by atoms with E-state index in [9.17, 15) is 9.90 Å². The second-order valence-corrected chi connectivity index (χ2v) is 6.11. The molecule has 3 rings (SSSR count). The maximum atomic E-state index is 12.2. The Morgan fingerprint density at radius 3 is 2.75 bits per heavy atom. The molecule has 4 heteroatoms. The quantitative estimate of drug-likeness (QED) is 0.906. The second kappa shape index (κ2) is 4.77. The summed E-state index contributed by atoms with van der Waals surface area (Å²) in [5.41, 5.74) is 1.43. The topological polar surface area (TPSA) is 49.8 Å². The summed E-state index contributed by atoms with van der Waals surface area (Å²) in [6.07, 6.45) is 2.58. The highest BCUT2D eigenvalue weighted by Gasteiger charge is 2.53. The fraction of sp³-hybridized carbons (Fsp3) is 0.562. The Morgan fingerprint density at radius 1 is 1.45 bits per heavy atom. The van der Waals surface area contributed by atoms with Crippen LogP contribution in [0, 0.1) is 12.8 Å². The third-order valence-electron chi connectivity index (χ3n) is 4.45. The van der Waals surface area contributed by atoms with Gasteiger partial charge in [-0.2, -0.15) is 0 Å². The highest BCUT2D eigenvalue weighted by molar-refractivity contribution is 5.80. The van der Waals surface area contributed by atoms with Crippen molar-refractivity contribution < 1.29 is 14.6 Å². The summed E-state index contributed by atoms with van der Waals surface area (Å²) in [5, 5.41) is 10.2. The molecule has 0 atom stereocenters. The van der Waals surface area contributed by atoms with Crippen molar-refractivity contribution in [3.8, 4) is 5.75 Å². The summed E-state index contributed by atoms with van der Waals surface area (Å²) in [4.78, 5) is 13.9. The Bertz CT molecular complexity index is 531. The Kier molecular flexibility index (Phi) is 3.21. The minimum Gasteiger partial charge on any atom is -0.496 e. The number of hydrogen-bond donors (Lipinski definition) is 1. The standard InChI is InChI=1S/C16H21NO3/c1-11-3-4-12(7-14(11)20-2)8-15(18)17-9-16(19,10-17)13-5-6-13/h3-4,7,13,19H,5-6,8-10H2,1-2H3. The highest BCUT2D eigenvalue weighted by atomic mass is 16.5. The van der Waals surface area contributed by atoms with E-state index in [0.717, 1.165) is 29.7 Å². The molecule has 1 aromatic rings. The number of ether oxygens (including phenoxy) is 1. The first-order chi connectivity index (χ1) is 9.51. The zero-order valence-electron chi connectivity index (χ0n) is 12.1. The van der Waals surface area contributed by atoms with E-state index in [0.29, 0.717) is 25.4 Å². The lowest BCUT2D eigenvalue weighted by Gasteiger charge is -2.47. The molecule has 1 saturated carbocycles. The lowest BCUT2D eigenvalue weighted by molar-refractivity contribution is -0.158. The highest BCUT2D eigenvalue weighted by Crippen LogP contribution is 2.44. The summed E-state index contributed by atoms with van der Waals surface area (Å²) < 4.78 is 5.28. The number of benzene rings is 1. The number of nitrogens with zero attached hydrogens (tertiary/aromatic N) is 1. The van der Waals surface area contributed by atoms with Gasteiger partial charge in [0.25, 0.3) is 0 Å². The first-order valence-electron chi connectivity index (χ1n) is 7.15. The second-order valence-electron chi connectivity index (χ2n) is 6.11.